The summed E-state index contributed by atoms with van der Waals surface area (Å²) in [5.74, 6) is 0.508. The van der Waals surface area contributed by atoms with Crippen LogP contribution in [-0.4, -0.2) is 22.7 Å². The minimum atomic E-state index is -0.973. The molecule has 1 N–H and O–H groups in total. The lowest BCUT2D eigenvalue weighted by Crippen LogP contribution is -2.29. The summed E-state index contributed by atoms with van der Waals surface area (Å²) in [6, 6.07) is 9.10. The summed E-state index contributed by atoms with van der Waals surface area (Å²) < 4.78 is 10.6. The van der Waals surface area contributed by atoms with Crippen LogP contribution in [0, 0.1) is 25.2 Å². The van der Waals surface area contributed by atoms with Crippen molar-refractivity contribution in [2.45, 2.75) is 26.3 Å². The first-order valence-corrected chi connectivity index (χ1v) is 7.45. The van der Waals surface area contributed by atoms with Crippen molar-refractivity contribution in [2.24, 2.45) is 0 Å². The lowest BCUT2D eigenvalue weighted by molar-refractivity contribution is -0.121. The van der Waals surface area contributed by atoms with Crippen LogP contribution in [-0.2, 0) is 11.3 Å². The second-order valence-corrected chi connectivity index (χ2v) is 5.45. The Kier molecular flexibility index (Phi) is 4.29. The minimum absolute atomic E-state index is 0.202. The number of aromatic nitrogens is 2. The van der Waals surface area contributed by atoms with E-state index in [2.05, 4.69) is 15.3 Å². The molecule has 0 radical (unpaired) electrons. The van der Waals surface area contributed by atoms with Crippen molar-refractivity contribution in [3.05, 3.63) is 47.0 Å². The monoisotopic (exact) mass is 324 g/mol. The Bertz CT molecular complexity index is 809. The third-order valence-corrected chi connectivity index (χ3v) is 3.58. The minimum Gasteiger partial charge on any atom is -0.454 e. The van der Waals surface area contributed by atoms with Crippen LogP contribution in [0.4, 0.5) is 0 Å². The van der Waals surface area contributed by atoms with E-state index < -0.39 is 11.8 Å². The van der Waals surface area contributed by atoms with E-state index >= 15 is 0 Å². The Morgan fingerprint density at radius 3 is 2.83 bits per heavy atom. The third kappa shape index (κ3) is 3.27. The number of fused-ring (bicyclic) bond motifs is 1. The van der Waals surface area contributed by atoms with Crippen molar-refractivity contribution in [1.82, 2.24) is 15.3 Å². The second-order valence-electron chi connectivity index (χ2n) is 5.45. The summed E-state index contributed by atoms with van der Waals surface area (Å²) in [6.07, 6.45) is 0. The van der Waals surface area contributed by atoms with Crippen molar-refractivity contribution in [3.8, 4) is 17.6 Å². The molecule has 0 spiro atoms. The van der Waals surface area contributed by atoms with Crippen LogP contribution < -0.4 is 14.8 Å². The molecule has 1 unspecified atom stereocenters. The highest BCUT2D eigenvalue weighted by atomic mass is 16.7. The van der Waals surface area contributed by atoms with E-state index in [-0.39, 0.29) is 13.3 Å². The second kappa shape index (κ2) is 6.54. The molecule has 0 bridgehead atoms. The maximum Gasteiger partial charge on any atom is 0.243 e. The van der Waals surface area contributed by atoms with Crippen LogP contribution >= 0.6 is 0 Å². The Hall–Kier alpha value is -3.14. The number of benzene rings is 1. The molecule has 1 aliphatic rings. The average molecular weight is 324 g/mol. The molecule has 1 atom stereocenters. The van der Waals surface area contributed by atoms with Gasteiger partial charge in [-0.05, 0) is 37.6 Å². The number of rotatable bonds is 4. The van der Waals surface area contributed by atoms with Gasteiger partial charge in [0.2, 0.25) is 12.7 Å². The van der Waals surface area contributed by atoms with Gasteiger partial charge in [0, 0.05) is 12.2 Å². The first-order valence-electron chi connectivity index (χ1n) is 7.45. The fraction of sp³-hybridized carbons (Fsp3) is 0.294. The van der Waals surface area contributed by atoms with Crippen LogP contribution in [0.3, 0.4) is 0 Å². The van der Waals surface area contributed by atoms with E-state index in [1.807, 2.05) is 18.2 Å². The molecule has 1 aliphatic heterocycles. The van der Waals surface area contributed by atoms with Gasteiger partial charge in [-0.25, -0.2) is 9.97 Å². The molecule has 3 rings (SSSR count). The number of ether oxygens (including phenoxy) is 2. The standard InChI is InChI=1S/C17H16N4O3/c1-10-5-14(21-11(2)20-10)13(7-18)17(22)19-8-12-3-4-15-16(6-12)24-9-23-15/h3-6,13H,8-9H2,1-2H3,(H,19,22). The highest BCUT2D eigenvalue weighted by molar-refractivity contribution is 5.85. The predicted octanol–water partition coefficient (Wildman–Crippen LogP) is 1.75. The van der Waals surface area contributed by atoms with Gasteiger partial charge in [0.15, 0.2) is 17.4 Å². The summed E-state index contributed by atoms with van der Waals surface area (Å²) in [4.78, 5) is 20.7. The zero-order chi connectivity index (χ0) is 17.1. The van der Waals surface area contributed by atoms with Crippen LogP contribution in [0.25, 0.3) is 0 Å². The fourth-order valence-corrected chi connectivity index (χ4v) is 2.49. The van der Waals surface area contributed by atoms with Crippen molar-refractivity contribution in [2.75, 3.05) is 6.79 Å². The smallest absolute Gasteiger partial charge is 0.243 e. The number of nitriles is 1. The molecule has 1 amide bonds. The van der Waals surface area contributed by atoms with Crippen molar-refractivity contribution in [1.29, 1.82) is 5.26 Å². The van der Waals surface area contributed by atoms with Gasteiger partial charge in [-0.15, -0.1) is 0 Å². The van der Waals surface area contributed by atoms with Crippen molar-refractivity contribution in [3.63, 3.8) is 0 Å². The largest absolute Gasteiger partial charge is 0.454 e. The Balaban J connectivity index is 1.70. The zero-order valence-corrected chi connectivity index (χ0v) is 13.4. The molecule has 0 aliphatic carbocycles. The number of amides is 1. The van der Waals surface area contributed by atoms with Crippen molar-refractivity contribution >= 4 is 5.91 Å². The third-order valence-electron chi connectivity index (χ3n) is 3.58. The zero-order valence-electron chi connectivity index (χ0n) is 13.4. The lowest BCUT2D eigenvalue weighted by Gasteiger charge is -2.11. The van der Waals surface area contributed by atoms with Gasteiger partial charge < -0.3 is 14.8 Å². The Labute approximate surface area is 139 Å². The summed E-state index contributed by atoms with van der Waals surface area (Å²) in [5.41, 5.74) is 1.99. The molecule has 24 heavy (non-hydrogen) atoms. The number of nitrogens with one attached hydrogen (secondary N) is 1. The van der Waals surface area contributed by atoms with E-state index in [0.29, 0.717) is 23.0 Å². The first-order chi connectivity index (χ1) is 11.6. The van der Waals surface area contributed by atoms with Crippen LogP contribution in [0.15, 0.2) is 24.3 Å². The molecular weight excluding hydrogens is 308 g/mol. The highest BCUT2D eigenvalue weighted by Crippen LogP contribution is 2.32. The molecule has 2 heterocycles. The molecule has 122 valence electrons. The highest BCUT2D eigenvalue weighted by Gasteiger charge is 2.22. The lowest BCUT2D eigenvalue weighted by atomic mass is 10.0. The number of nitrogens with zero attached hydrogens (tertiary/aromatic N) is 3. The summed E-state index contributed by atoms with van der Waals surface area (Å²) >= 11 is 0. The van der Waals surface area contributed by atoms with E-state index in [1.54, 1.807) is 26.0 Å². The van der Waals surface area contributed by atoms with Gasteiger partial charge in [-0.2, -0.15) is 5.26 Å². The van der Waals surface area contributed by atoms with E-state index in [1.165, 1.54) is 0 Å². The van der Waals surface area contributed by atoms with Gasteiger partial charge in [0.25, 0.3) is 0 Å². The molecule has 7 nitrogen and oxygen atoms in total. The predicted molar refractivity (Wildman–Crippen MR) is 84.3 cm³/mol. The Morgan fingerprint density at radius 1 is 1.29 bits per heavy atom. The molecule has 1 aromatic carbocycles. The average Bonchev–Trinajstić information content (AvgIpc) is 3.00. The van der Waals surface area contributed by atoms with Gasteiger partial charge in [0.05, 0.1) is 11.8 Å². The molecule has 2 aromatic rings. The van der Waals surface area contributed by atoms with E-state index in [9.17, 15) is 10.1 Å². The quantitative estimate of drug-likeness (QED) is 0.920. The maximum atomic E-state index is 12.4. The van der Waals surface area contributed by atoms with Gasteiger partial charge in [-0.3, -0.25) is 4.79 Å². The van der Waals surface area contributed by atoms with Crippen LogP contribution in [0.5, 0.6) is 11.5 Å². The SMILES string of the molecule is Cc1cc(C(C#N)C(=O)NCc2ccc3c(c2)OCO3)nc(C)n1. The summed E-state index contributed by atoms with van der Waals surface area (Å²) in [5, 5.41) is 12.1. The molecular formula is C17H16N4O3. The summed E-state index contributed by atoms with van der Waals surface area (Å²) in [6.45, 7) is 4.03. The summed E-state index contributed by atoms with van der Waals surface area (Å²) in [7, 11) is 0. The molecule has 0 saturated carbocycles. The van der Waals surface area contributed by atoms with E-state index in [4.69, 9.17) is 9.47 Å². The van der Waals surface area contributed by atoms with E-state index in [0.717, 1.165) is 11.3 Å². The Morgan fingerprint density at radius 2 is 2.08 bits per heavy atom. The normalized spacial score (nSPS) is 13.2. The molecule has 1 aromatic heterocycles. The number of aryl methyl sites for hydroxylation is 2. The molecule has 0 saturated heterocycles. The van der Waals surface area contributed by atoms with Gasteiger partial charge in [-0.1, -0.05) is 6.07 Å². The van der Waals surface area contributed by atoms with Crippen molar-refractivity contribution < 1.29 is 14.3 Å². The van der Waals surface area contributed by atoms with Gasteiger partial charge in [0.1, 0.15) is 5.82 Å². The number of carbonyl (C=O) groups is 1. The topological polar surface area (TPSA) is 97.1 Å². The first kappa shape index (κ1) is 15.7. The fourth-order valence-electron chi connectivity index (χ4n) is 2.49. The maximum absolute atomic E-state index is 12.4. The molecule has 7 heteroatoms. The van der Waals surface area contributed by atoms with Gasteiger partial charge >= 0.3 is 0 Å². The number of hydrogen-bond donors (Lipinski definition) is 1. The van der Waals surface area contributed by atoms with Crippen LogP contribution in [0.1, 0.15) is 28.7 Å². The van der Waals surface area contributed by atoms with Crippen LogP contribution in [0.2, 0.25) is 0 Å². The number of carbonyl (C=O) groups excluding carboxylic acids is 1. The molecule has 0 fully saturated rings. The number of hydrogen-bond acceptors (Lipinski definition) is 6.